The van der Waals surface area contributed by atoms with E-state index in [9.17, 15) is 4.79 Å². The van der Waals surface area contributed by atoms with E-state index in [1.807, 2.05) is 6.07 Å². The van der Waals surface area contributed by atoms with Gasteiger partial charge in [-0.05, 0) is 60.1 Å². The van der Waals surface area contributed by atoms with Crippen LogP contribution in [0.2, 0.25) is 0 Å². The third-order valence-electron chi connectivity index (χ3n) is 4.42. The molecule has 0 heterocycles. The molecule has 0 aromatic heterocycles. The van der Waals surface area contributed by atoms with Gasteiger partial charge in [0.25, 0.3) is 0 Å². The highest BCUT2D eigenvalue weighted by molar-refractivity contribution is 5.95. The summed E-state index contributed by atoms with van der Waals surface area (Å²) in [5, 5.41) is 0. The first-order chi connectivity index (χ1) is 10.2. The Labute approximate surface area is 127 Å². The van der Waals surface area contributed by atoms with Gasteiger partial charge in [-0.25, -0.2) is 0 Å². The Morgan fingerprint density at radius 1 is 1.00 bits per heavy atom. The molecule has 0 radical (unpaired) electrons. The molecule has 2 aromatic carbocycles. The van der Waals surface area contributed by atoms with E-state index in [4.69, 9.17) is 0 Å². The second kappa shape index (κ2) is 5.85. The van der Waals surface area contributed by atoms with Crippen LogP contribution in [0.15, 0.2) is 36.4 Å². The largest absolute Gasteiger partial charge is 0.295 e. The van der Waals surface area contributed by atoms with E-state index >= 15 is 0 Å². The highest BCUT2D eigenvalue weighted by atomic mass is 16.1. The first-order valence-corrected chi connectivity index (χ1v) is 7.95. The van der Waals surface area contributed by atoms with Gasteiger partial charge < -0.3 is 0 Å². The summed E-state index contributed by atoms with van der Waals surface area (Å²) in [7, 11) is 0. The monoisotopic (exact) mass is 278 g/mol. The molecule has 2 aromatic rings. The Hall–Kier alpha value is -1.89. The van der Waals surface area contributed by atoms with Gasteiger partial charge in [0.1, 0.15) is 0 Å². The van der Waals surface area contributed by atoms with E-state index in [0.717, 1.165) is 12.0 Å². The lowest BCUT2D eigenvalue weighted by Gasteiger charge is -2.05. The predicted octanol–water partition coefficient (Wildman–Crippen LogP) is 5.19. The van der Waals surface area contributed by atoms with Gasteiger partial charge in [-0.2, -0.15) is 0 Å². The first-order valence-electron chi connectivity index (χ1n) is 7.95. The normalized spacial score (nSPS) is 12.1. The minimum atomic E-state index is 0.147. The van der Waals surface area contributed by atoms with Crippen molar-refractivity contribution < 1.29 is 4.79 Å². The van der Waals surface area contributed by atoms with Crippen molar-refractivity contribution >= 4 is 5.78 Å². The summed E-state index contributed by atoms with van der Waals surface area (Å²) in [6.07, 6.45) is 5.99. The lowest BCUT2D eigenvalue weighted by molar-refractivity contribution is 0.101. The Kier molecular flexibility index (Phi) is 3.92. The van der Waals surface area contributed by atoms with E-state index in [2.05, 4.69) is 37.3 Å². The number of aryl methyl sites for hydroxylation is 1. The molecule has 0 saturated heterocycles. The summed E-state index contributed by atoms with van der Waals surface area (Å²) in [4.78, 5) is 11.5. The molecule has 0 unspecified atom stereocenters. The second-order valence-corrected chi connectivity index (χ2v) is 6.05. The number of carbonyl (C=O) groups excluding carboxylic acids is 1. The fourth-order valence-electron chi connectivity index (χ4n) is 3.22. The number of rotatable bonds is 5. The lowest BCUT2D eigenvalue weighted by Crippen LogP contribution is -1.93. The van der Waals surface area contributed by atoms with E-state index in [1.165, 1.54) is 53.5 Å². The molecular formula is C20H22O. The van der Waals surface area contributed by atoms with Crippen LogP contribution in [0.25, 0.3) is 11.1 Å². The Morgan fingerprint density at radius 2 is 1.71 bits per heavy atom. The van der Waals surface area contributed by atoms with Crippen molar-refractivity contribution in [2.75, 3.05) is 0 Å². The number of carbonyl (C=O) groups is 1. The van der Waals surface area contributed by atoms with Gasteiger partial charge in [-0.3, -0.25) is 4.79 Å². The SMILES string of the molecule is CCCCCc1ccc2c(c1)Cc1cc(C(C)=O)ccc1-2. The van der Waals surface area contributed by atoms with Crippen LogP contribution in [0.4, 0.5) is 0 Å². The van der Waals surface area contributed by atoms with Crippen molar-refractivity contribution in [1.82, 2.24) is 0 Å². The first kappa shape index (κ1) is 14.1. The maximum Gasteiger partial charge on any atom is 0.159 e. The molecule has 0 N–H and O–H groups in total. The molecule has 21 heavy (non-hydrogen) atoms. The van der Waals surface area contributed by atoms with Gasteiger partial charge in [0.05, 0.1) is 0 Å². The molecule has 0 spiro atoms. The van der Waals surface area contributed by atoms with Crippen LogP contribution in [-0.2, 0) is 12.8 Å². The summed E-state index contributed by atoms with van der Waals surface area (Å²) < 4.78 is 0. The number of hydrogen-bond acceptors (Lipinski definition) is 1. The van der Waals surface area contributed by atoms with Gasteiger partial charge in [-0.1, -0.05) is 50.1 Å². The molecule has 0 atom stereocenters. The molecule has 1 heteroatoms. The molecule has 108 valence electrons. The number of unbranched alkanes of at least 4 members (excludes halogenated alkanes) is 2. The van der Waals surface area contributed by atoms with Crippen molar-refractivity contribution in [3.8, 4) is 11.1 Å². The fourth-order valence-corrected chi connectivity index (χ4v) is 3.22. The fraction of sp³-hybridized carbons (Fsp3) is 0.350. The summed E-state index contributed by atoms with van der Waals surface area (Å²) >= 11 is 0. The molecule has 1 aliphatic rings. The average molecular weight is 278 g/mol. The maximum absolute atomic E-state index is 11.5. The van der Waals surface area contributed by atoms with E-state index < -0.39 is 0 Å². The molecule has 0 fully saturated rings. The standard InChI is InChI=1S/C20H22O/c1-3-4-5-6-15-7-9-19-17(11-15)13-18-12-16(14(2)21)8-10-20(18)19/h7-12H,3-6,13H2,1-2H3. The van der Waals surface area contributed by atoms with Gasteiger partial charge >= 0.3 is 0 Å². The van der Waals surface area contributed by atoms with Gasteiger partial charge in [0.2, 0.25) is 0 Å². The van der Waals surface area contributed by atoms with Crippen LogP contribution in [0.3, 0.4) is 0 Å². The van der Waals surface area contributed by atoms with Gasteiger partial charge in [-0.15, -0.1) is 0 Å². The van der Waals surface area contributed by atoms with Crippen molar-refractivity contribution in [3.05, 3.63) is 58.7 Å². The Bertz CT molecular complexity index is 682. The quantitative estimate of drug-likeness (QED) is 0.463. The maximum atomic E-state index is 11.5. The molecule has 1 aliphatic carbocycles. The molecule has 0 saturated carbocycles. The zero-order valence-electron chi connectivity index (χ0n) is 12.9. The van der Waals surface area contributed by atoms with Crippen LogP contribution in [0.1, 0.15) is 60.2 Å². The van der Waals surface area contributed by atoms with E-state index in [1.54, 1.807) is 6.92 Å². The van der Waals surface area contributed by atoms with E-state index in [0.29, 0.717) is 0 Å². The Balaban J connectivity index is 1.86. The molecule has 0 aliphatic heterocycles. The van der Waals surface area contributed by atoms with Crippen molar-refractivity contribution in [2.45, 2.75) is 46.0 Å². The van der Waals surface area contributed by atoms with Crippen LogP contribution in [0.5, 0.6) is 0 Å². The molecule has 0 amide bonds. The number of fused-ring (bicyclic) bond motifs is 3. The van der Waals surface area contributed by atoms with Crippen molar-refractivity contribution in [3.63, 3.8) is 0 Å². The zero-order chi connectivity index (χ0) is 14.8. The smallest absolute Gasteiger partial charge is 0.159 e. The molecular weight excluding hydrogens is 256 g/mol. The highest BCUT2D eigenvalue weighted by Crippen LogP contribution is 2.37. The summed E-state index contributed by atoms with van der Waals surface area (Å²) in [5.41, 5.74) is 7.63. The van der Waals surface area contributed by atoms with E-state index in [-0.39, 0.29) is 5.78 Å². The lowest BCUT2D eigenvalue weighted by atomic mass is 10.00. The topological polar surface area (TPSA) is 17.1 Å². The molecule has 3 rings (SSSR count). The number of ketones is 1. The van der Waals surface area contributed by atoms with Crippen molar-refractivity contribution in [2.24, 2.45) is 0 Å². The van der Waals surface area contributed by atoms with Crippen LogP contribution in [0, 0.1) is 0 Å². The van der Waals surface area contributed by atoms with Crippen LogP contribution < -0.4 is 0 Å². The van der Waals surface area contributed by atoms with Crippen molar-refractivity contribution in [1.29, 1.82) is 0 Å². The highest BCUT2D eigenvalue weighted by Gasteiger charge is 2.19. The molecule has 1 nitrogen and oxygen atoms in total. The van der Waals surface area contributed by atoms with Crippen LogP contribution in [-0.4, -0.2) is 5.78 Å². The van der Waals surface area contributed by atoms with Gasteiger partial charge in [0.15, 0.2) is 5.78 Å². The predicted molar refractivity (Wildman–Crippen MR) is 87.9 cm³/mol. The minimum absolute atomic E-state index is 0.147. The summed E-state index contributed by atoms with van der Waals surface area (Å²) in [6, 6.07) is 13.0. The zero-order valence-corrected chi connectivity index (χ0v) is 12.9. The summed E-state index contributed by atoms with van der Waals surface area (Å²) in [6.45, 7) is 3.88. The van der Waals surface area contributed by atoms with Gasteiger partial charge in [0, 0.05) is 5.56 Å². The summed E-state index contributed by atoms with van der Waals surface area (Å²) in [5.74, 6) is 0.147. The van der Waals surface area contributed by atoms with Crippen LogP contribution >= 0.6 is 0 Å². The third kappa shape index (κ3) is 2.78. The third-order valence-corrected chi connectivity index (χ3v) is 4.42. The number of hydrogen-bond donors (Lipinski definition) is 0. The minimum Gasteiger partial charge on any atom is -0.295 e. The number of Topliss-reactive ketones (excluding diaryl/α,β-unsaturated/α-hetero) is 1. The average Bonchev–Trinajstić information content (AvgIpc) is 2.84. The second-order valence-electron chi connectivity index (χ2n) is 6.05. The number of benzene rings is 2. The molecule has 0 bridgehead atoms. The Morgan fingerprint density at radius 3 is 2.43 bits per heavy atom.